The molecule has 0 heterocycles. The lowest BCUT2D eigenvalue weighted by Gasteiger charge is -2.16. The molecule has 0 spiro atoms. The summed E-state index contributed by atoms with van der Waals surface area (Å²) in [5.74, 6) is 0.714. The summed E-state index contributed by atoms with van der Waals surface area (Å²) < 4.78 is 5.82. The Morgan fingerprint density at radius 3 is 2.58 bits per heavy atom. The zero-order chi connectivity index (χ0) is 8.81. The maximum Gasteiger partial charge on any atom is 0.0575 e. The highest BCUT2D eigenvalue weighted by molar-refractivity contribution is 9.09. The highest BCUT2D eigenvalue weighted by Gasteiger charge is 2.16. The van der Waals surface area contributed by atoms with Gasteiger partial charge in [-0.3, -0.25) is 0 Å². The van der Waals surface area contributed by atoms with Crippen LogP contribution in [0.5, 0.6) is 0 Å². The van der Waals surface area contributed by atoms with Gasteiger partial charge >= 0.3 is 0 Å². The second-order valence-corrected chi connectivity index (χ2v) is 4.32. The first-order valence-electron chi connectivity index (χ1n) is 5.04. The lowest BCUT2D eigenvalue weighted by Crippen LogP contribution is -2.16. The van der Waals surface area contributed by atoms with E-state index in [1.807, 2.05) is 0 Å². The Labute approximate surface area is 84.0 Å². The first-order valence-corrected chi connectivity index (χ1v) is 6.16. The van der Waals surface area contributed by atoms with Gasteiger partial charge in [0.1, 0.15) is 0 Å². The Bertz CT molecular complexity index is 104. The van der Waals surface area contributed by atoms with Gasteiger partial charge in [0, 0.05) is 5.33 Å². The van der Waals surface area contributed by atoms with Gasteiger partial charge in [-0.1, -0.05) is 42.1 Å². The number of halogens is 1. The fraction of sp³-hybridized carbons (Fsp3) is 1.00. The van der Waals surface area contributed by atoms with Gasteiger partial charge in [-0.2, -0.15) is 0 Å². The molecule has 0 amide bonds. The van der Waals surface area contributed by atoms with E-state index in [1.165, 1.54) is 32.1 Å². The molecule has 1 aliphatic carbocycles. The Hall–Kier alpha value is 0.440. The zero-order valence-electron chi connectivity index (χ0n) is 7.89. The summed E-state index contributed by atoms with van der Waals surface area (Å²) in [5.41, 5.74) is 0. The van der Waals surface area contributed by atoms with Crippen LogP contribution in [0.15, 0.2) is 0 Å². The van der Waals surface area contributed by atoms with E-state index in [4.69, 9.17) is 4.74 Å². The SMILES string of the molecule is CCC(CBr)COC1CCCC1. The zero-order valence-corrected chi connectivity index (χ0v) is 9.48. The second-order valence-electron chi connectivity index (χ2n) is 3.67. The van der Waals surface area contributed by atoms with Crippen molar-refractivity contribution in [1.82, 2.24) is 0 Å². The molecule has 0 aliphatic heterocycles. The Kier molecular flexibility index (Phi) is 5.24. The average molecular weight is 235 g/mol. The van der Waals surface area contributed by atoms with Gasteiger partial charge in [0.15, 0.2) is 0 Å². The van der Waals surface area contributed by atoms with Crippen molar-refractivity contribution in [3.8, 4) is 0 Å². The van der Waals surface area contributed by atoms with Gasteiger partial charge in [0.05, 0.1) is 12.7 Å². The molecule has 1 saturated carbocycles. The summed E-state index contributed by atoms with van der Waals surface area (Å²) in [5, 5.41) is 1.08. The van der Waals surface area contributed by atoms with Crippen LogP contribution in [0.2, 0.25) is 0 Å². The highest BCUT2D eigenvalue weighted by atomic mass is 79.9. The van der Waals surface area contributed by atoms with Gasteiger partial charge in [0.2, 0.25) is 0 Å². The van der Waals surface area contributed by atoms with Crippen LogP contribution in [-0.2, 0) is 4.74 Å². The normalized spacial score (nSPS) is 21.5. The minimum atomic E-state index is 0.582. The Balaban J connectivity index is 2.06. The summed E-state index contributed by atoms with van der Waals surface area (Å²) in [6.45, 7) is 3.18. The average Bonchev–Trinajstić information content (AvgIpc) is 2.59. The van der Waals surface area contributed by atoms with E-state index in [2.05, 4.69) is 22.9 Å². The van der Waals surface area contributed by atoms with Crippen LogP contribution in [0.3, 0.4) is 0 Å². The van der Waals surface area contributed by atoms with Crippen LogP contribution in [0, 0.1) is 5.92 Å². The molecular weight excluding hydrogens is 216 g/mol. The Morgan fingerprint density at radius 1 is 1.42 bits per heavy atom. The molecular formula is C10H19BrO. The van der Waals surface area contributed by atoms with Crippen LogP contribution in [0.4, 0.5) is 0 Å². The number of hydrogen-bond donors (Lipinski definition) is 0. The number of rotatable bonds is 5. The van der Waals surface area contributed by atoms with Crippen molar-refractivity contribution in [2.24, 2.45) is 5.92 Å². The van der Waals surface area contributed by atoms with E-state index in [-0.39, 0.29) is 0 Å². The minimum Gasteiger partial charge on any atom is -0.378 e. The third-order valence-electron chi connectivity index (χ3n) is 2.67. The molecule has 1 aliphatic rings. The van der Waals surface area contributed by atoms with Gasteiger partial charge in [-0.15, -0.1) is 0 Å². The topological polar surface area (TPSA) is 9.23 Å². The molecule has 1 nitrogen and oxygen atoms in total. The summed E-state index contributed by atoms with van der Waals surface area (Å²) in [6.07, 6.45) is 7.12. The van der Waals surface area contributed by atoms with Crippen LogP contribution in [-0.4, -0.2) is 18.0 Å². The minimum absolute atomic E-state index is 0.582. The summed E-state index contributed by atoms with van der Waals surface area (Å²) in [4.78, 5) is 0. The molecule has 0 aromatic carbocycles. The molecule has 0 saturated heterocycles. The third kappa shape index (κ3) is 3.44. The van der Waals surface area contributed by atoms with Crippen molar-refractivity contribution in [2.75, 3.05) is 11.9 Å². The number of hydrogen-bond acceptors (Lipinski definition) is 1. The molecule has 0 aromatic rings. The highest BCUT2D eigenvalue weighted by Crippen LogP contribution is 2.22. The van der Waals surface area contributed by atoms with Crippen molar-refractivity contribution in [3.05, 3.63) is 0 Å². The van der Waals surface area contributed by atoms with Gasteiger partial charge in [0.25, 0.3) is 0 Å². The van der Waals surface area contributed by atoms with E-state index >= 15 is 0 Å². The molecule has 2 heteroatoms. The quantitative estimate of drug-likeness (QED) is 0.664. The molecule has 1 fully saturated rings. The van der Waals surface area contributed by atoms with Gasteiger partial charge in [-0.05, 0) is 18.8 Å². The fourth-order valence-electron chi connectivity index (χ4n) is 1.60. The molecule has 1 rings (SSSR count). The predicted molar refractivity (Wildman–Crippen MR) is 55.8 cm³/mol. The lowest BCUT2D eigenvalue weighted by atomic mass is 10.1. The van der Waals surface area contributed by atoms with Crippen molar-refractivity contribution < 1.29 is 4.74 Å². The van der Waals surface area contributed by atoms with Gasteiger partial charge < -0.3 is 4.74 Å². The molecule has 72 valence electrons. The summed E-state index contributed by atoms with van der Waals surface area (Å²) >= 11 is 3.51. The first kappa shape index (κ1) is 10.5. The molecule has 1 unspecified atom stereocenters. The van der Waals surface area contributed by atoms with Gasteiger partial charge in [-0.25, -0.2) is 0 Å². The lowest BCUT2D eigenvalue weighted by molar-refractivity contribution is 0.0376. The summed E-state index contributed by atoms with van der Waals surface area (Å²) in [7, 11) is 0. The van der Waals surface area contributed by atoms with Crippen LogP contribution < -0.4 is 0 Å². The largest absolute Gasteiger partial charge is 0.378 e. The van der Waals surface area contributed by atoms with E-state index in [0.29, 0.717) is 12.0 Å². The van der Waals surface area contributed by atoms with Crippen molar-refractivity contribution in [3.63, 3.8) is 0 Å². The smallest absolute Gasteiger partial charge is 0.0575 e. The van der Waals surface area contributed by atoms with E-state index in [9.17, 15) is 0 Å². The molecule has 12 heavy (non-hydrogen) atoms. The van der Waals surface area contributed by atoms with Crippen molar-refractivity contribution >= 4 is 15.9 Å². The maximum absolute atomic E-state index is 5.82. The maximum atomic E-state index is 5.82. The van der Waals surface area contributed by atoms with Crippen LogP contribution >= 0.6 is 15.9 Å². The van der Waals surface area contributed by atoms with E-state index in [1.54, 1.807) is 0 Å². The predicted octanol–water partition coefficient (Wildman–Crippen LogP) is 3.37. The number of ether oxygens (including phenoxy) is 1. The molecule has 0 bridgehead atoms. The van der Waals surface area contributed by atoms with Crippen molar-refractivity contribution in [2.45, 2.75) is 45.1 Å². The third-order valence-corrected chi connectivity index (χ3v) is 3.58. The standard InChI is InChI=1S/C10H19BrO/c1-2-9(7-11)8-12-10-5-3-4-6-10/h9-10H,2-8H2,1H3. The number of alkyl halides is 1. The molecule has 0 aromatic heterocycles. The molecule has 0 radical (unpaired) electrons. The fourth-order valence-corrected chi connectivity index (χ4v) is 2.24. The first-order chi connectivity index (χ1) is 5.86. The monoisotopic (exact) mass is 234 g/mol. The molecule has 1 atom stereocenters. The second kappa shape index (κ2) is 5.98. The van der Waals surface area contributed by atoms with Crippen molar-refractivity contribution in [1.29, 1.82) is 0 Å². The Morgan fingerprint density at radius 2 is 2.08 bits per heavy atom. The van der Waals surface area contributed by atoms with E-state index < -0.39 is 0 Å². The van der Waals surface area contributed by atoms with E-state index in [0.717, 1.165) is 11.9 Å². The van der Waals surface area contributed by atoms with Crippen LogP contribution in [0.1, 0.15) is 39.0 Å². The van der Waals surface area contributed by atoms with Crippen LogP contribution in [0.25, 0.3) is 0 Å². The summed E-state index contributed by atoms with van der Waals surface area (Å²) in [6, 6.07) is 0. The molecule has 0 N–H and O–H groups in total.